The van der Waals surface area contributed by atoms with E-state index in [4.69, 9.17) is 0 Å². The maximum atomic E-state index is 11.5. The van der Waals surface area contributed by atoms with Crippen LogP contribution in [0.4, 0.5) is 5.69 Å². The van der Waals surface area contributed by atoms with E-state index in [0.717, 1.165) is 24.2 Å². The van der Waals surface area contributed by atoms with Gasteiger partial charge in [-0.1, -0.05) is 11.8 Å². The molecule has 0 radical (unpaired) electrons. The van der Waals surface area contributed by atoms with Crippen LogP contribution >= 0.6 is 0 Å². The van der Waals surface area contributed by atoms with Crippen molar-refractivity contribution in [1.29, 1.82) is 0 Å². The van der Waals surface area contributed by atoms with Crippen molar-refractivity contribution in [2.45, 2.75) is 26.7 Å². The van der Waals surface area contributed by atoms with Crippen molar-refractivity contribution < 1.29 is 9.59 Å². The molecule has 0 spiro atoms. The van der Waals surface area contributed by atoms with Gasteiger partial charge in [-0.15, -0.1) is 0 Å². The van der Waals surface area contributed by atoms with Crippen molar-refractivity contribution in [3.63, 3.8) is 0 Å². The Morgan fingerprint density at radius 2 is 2.15 bits per heavy atom. The minimum Gasteiger partial charge on any atom is -0.355 e. The lowest BCUT2D eigenvalue weighted by Gasteiger charge is -2.14. The topological polar surface area (TPSA) is 49.4 Å². The highest BCUT2D eigenvalue weighted by Crippen LogP contribution is 2.28. The zero-order chi connectivity index (χ0) is 14.5. The first-order chi connectivity index (χ1) is 9.58. The molecular weight excluding hydrogens is 252 g/mol. The van der Waals surface area contributed by atoms with Gasteiger partial charge in [-0.05, 0) is 30.2 Å². The second-order valence-corrected chi connectivity index (χ2v) is 4.80. The highest BCUT2D eigenvalue weighted by molar-refractivity contribution is 5.93. The Labute approximate surface area is 119 Å². The largest absolute Gasteiger partial charge is 0.355 e. The molecule has 0 aliphatic carbocycles. The number of nitrogens with one attached hydrogen (secondary N) is 1. The molecule has 1 aromatic carbocycles. The summed E-state index contributed by atoms with van der Waals surface area (Å²) in [5.41, 5.74) is 3.13. The van der Waals surface area contributed by atoms with Gasteiger partial charge in [-0.2, -0.15) is 0 Å². The fourth-order valence-corrected chi connectivity index (χ4v) is 2.27. The summed E-state index contributed by atoms with van der Waals surface area (Å²) in [6.45, 7) is 4.41. The van der Waals surface area contributed by atoms with Crippen LogP contribution in [0.25, 0.3) is 0 Å². The minimum absolute atomic E-state index is 0.0337. The van der Waals surface area contributed by atoms with E-state index >= 15 is 0 Å². The lowest BCUT2D eigenvalue weighted by atomic mass is 10.1. The third-order valence-electron chi connectivity index (χ3n) is 3.21. The van der Waals surface area contributed by atoms with Crippen LogP contribution in [0.15, 0.2) is 18.2 Å². The molecule has 0 bridgehead atoms. The summed E-state index contributed by atoms with van der Waals surface area (Å²) < 4.78 is 0. The monoisotopic (exact) mass is 270 g/mol. The van der Waals surface area contributed by atoms with E-state index < -0.39 is 0 Å². The smallest absolute Gasteiger partial charge is 0.223 e. The highest BCUT2D eigenvalue weighted by Gasteiger charge is 2.21. The number of nitrogens with zero attached hydrogens (tertiary/aromatic N) is 1. The summed E-state index contributed by atoms with van der Waals surface area (Å²) in [5.74, 6) is 6.17. The van der Waals surface area contributed by atoms with Crippen LogP contribution in [0.1, 0.15) is 31.4 Å². The van der Waals surface area contributed by atoms with E-state index in [0.29, 0.717) is 13.0 Å². The van der Waals surface area contributed by atoms with Crippen LogP contribution in [0.3, 0.4) is 0 Å². The van der Waals surface area contributed by atoms with Gasteiger partial charge < -0.3 is 10.2 Å². The minimum atomic E-state index is -0.0337. The molecule has 0 atom stereocenters. The summed E-state index contributed by atoms with van der Waals surface area (Å²) in [6.07, 6.45) is 1.52. The SMILES string of the molecule is CC(=O)NCCC#Cc1ccc2c(c1)CCN2C(C)=O. The van der Waals surface area contributed by atoms with Gasteiger partial charge >= 0.3 is 0 Å². The molecule has 20 heavy (non-hydrogen) atoms. The zero-order valence-corrected chi connectivity index (χ0v) is 11.8. The molecule has 1 aliphatic heterocycles. The summed E-state index contributed by atoms with van der Waals surface area (Å²) >= 11 is 0. The molecule has 4 nitrogen and oxygen atoms in total. The Morgan fingerprint density at radius 1 is 1.35 bits per heavy atom. The van der Waals surface area contributed by atoms with E-state index in [9.17, 15) is 9.59 Å². The number of anilines is 1. The van der Waals surface area contributed by atoms with Gasteiger partial charge in [0.1, 0.15) is 0 Å². The first kappa shape index (κ1) is 14.1. The van der Waals surface area contributed by atoms with Gasteiger partial charge in [0.05, 0.1) is 0 Å². The van der Waals surface area contributed by atoms with E-state index in [1.54, 1.807) is 11.8 Å². The Kier molecular flexibility index (Phi) is 4.41. The number of carbonyl (C=O) groups is 2. The Hall–Kier alpha value is -2.28. The van der Waals surface area contributed by atoms with Gasteiger partial charge in [0.25, 0.3) is 0 Å². The van der Waals surface area contributed by atoms with Gasteiger partial charge in [0.2, 0.25) is 11.8 Å². The third kappa shape index (κ3) is 3.39. The second-order valence-electron chi connectivity index (χ2n) is 4.80. The first-order valence-electron chi connectivity index (χ1n) is 6.72. The third-order valence-corrected chi connectivity index (χ3v) is 3.21. The van der Waals surface area contributed by atoms with Crippen molar-refractivity contribution in [2.24, 2.45) is 0 Å². The maximum Gasteiger partial charge on any atom is 0.223 e. The molecule has 2 amide bonds. The number of amides is 2. The molecule has 1 aliphatic rings. The lowest BCUT2D eigenvalue weighted by Crippen LogP contribution is -2.25. The van der Waals surface area contributed by atoms with E-state index in [2.05, 4.69) is 17.2 Å². The van der Waals surface area contributed by atoms with E-state index in [1.165, 1.54) is 12.5 Å². The summed E-state index contributed by atoms with van der Waals surface area (Å²) in [5, 5.41) is 2.71. The predicted octanol–water partition coefficient (Wildman–Crippen LogP) is 1.47. The zero-order valence-electron chi connectivity index (χ0n) is 11.8. The lowest BCUT2D eigenvalue weighted by molar-refractivity contribution is -0.119. The van der Waals surface area contributed by atoms with Crippen molar-refractivity contribution in [1.82, 2.24) is 5.32 Å². The standard InChI is InChI=1S/C16H18N2O2/c1-12(19)17-9-4-3-5-14-6-7-16-15(11-14)8-10-18(16)13(2)20/h6-7,11H,4,8-10H2,1-2H3,(H,17,19). The number of rotatable bonds is 2. The number of hydrogen-bond acceptors (Lipinski definition) is 2. The Bertz CT molecular complexity index is 596. The number of hydrogen-bond donors (Lipinski definition) is 1. The van der Waals surface area contributed by atoms with Crippen LogP contribution in [0, 0.1) is 11.8 Å². The molecule has 0 unspecified atom stereocenters. The molecule has 0 aromatic heterocycles. The van der Waals surface area contributed by atoms with Crippen molar-refractivity contribution in [2.75, 3.05) is 18.0 Å². The highest BCUT2D eigenvalue weighted by atomic mass is 16.2. The molecular formula is C16H18N2O2. The van der Waals surface area contributed by atoms with Gasteiger partial charge in [-0.3, -0.25) is 9.59 Å². The summed E-state index contributed by atoms with van der Waals surface area (Å²) in [6, 6.07) is 5.94. The molecule has 1 aromatic rings. The average Bonchev–Trinajstić information content (AvgIpc) is 2.81. The van der Waals surface area contributed by atoms with Crippen molar-refractivity contribution in [3.8, 4) is 11.8 Å². The van der Waals surface area contributed by atoms with E-state index in [1.807, 2.05) is 18.2 Å². The fraction of sp³-hybridized carbons (Fsp3) is 0.375. The molecule has 1 heterocycles. The molecule has 0 fully saturated rings. The van der Waals surface area contributed by atoms with Crippen LogP contribution < -0.4 is 10.2 Å². The number of benzene rings is 1. The Morgan fingerprint density at radius 3 is 2.85 bits per heavy atom. The first-order valence-corrected chi connectivity index (χ1v) is 6.72. The van der Waals surface area contributed by atoms with Crippen LogP contribution in [0.2, 0.25) is 0 Å². The maximum absolute atomic E-state index is 11.5. The van der Waals surface area contributed by atoms with Crippen molar-refractivity contribution >= 4 is 17.5 Å². The molecule has 1 N–H and O–H groups in total. The average molecular weight is 270 g/mol. The molecule has 4 heteroatoms. The van der Waals surface area contributed by atoms with Gasteiger partial charge in [0, 0.05) is 44.6 Å². The molecule has 104 valence electrons. The number of fused-ring (bicyclic) bond motifs is 1. The van der Waals surface area contributed by atoms with Gasteiger partial charge in [0.15, 0.2) is 0 Å². The van der Waals surface area contributed by atoms with Crippen LogP contribution in [0.5, 0.6) is 0 Å². The summed E-state index contributed by atoms with van der Waals surface area (Å²) in [7, 11) is 0. The fourth-order valence-electron chi connectivity index (χ4n) is 2.27. The number of carbonyl (C=O) groups excluding carboxylic acids is 2. The van der Waals surface area contributed by atoms with Crippen LogP contribution in [-0.4, -0.2) is 24.9 Å². The second kappa shape index (κ2) is 6.25. The van der Waals surface area contributed by atoms with Gasteiger partial charge in [-0.25, -0.2) is 0 Å². The normalized spacial score (nSPS) is 12.4. The quantitative estimate of drug-likeness (QED) is 0.653. The molecule has 0 saturated heterocycles. The summed E-state index contributed by atoms with van der Waals surface area (Å²) in [4.78, 5) is 24.0. The predicted molar refractivity (Wildman–Crippen MR) is 78.4 cm³/mol. The van der Waals surface area contributed by atoms with Crippen molar-refractivity contribution in [3.05, 3.63) is 29.3 Å². The van der Waals surface area contributed by atoms with E-state index in [-0.39, 0.29) is 11.8 Å². The van der Waals surface area contributed by atoms with Crippen LogP contribution in [-0.2, 0) is 16.0 Å². The molecule has 0 saturated carbocycles. The molecule has 2 rings (SSSR count). The Balaban J connectivity index is 2.01.